The second-order valence-electron chi connectivity index (χ2n) is 4.53. The summed E-state index contributed by atoms with van der Waals surface area (Å²) < 4.78 is 16.0. The number of aryl methyl sites for hydroxylation is 2. The van der Waals surface area contributed by atoms with Crippen LogP contribution < -0.4 is 0 Å². The number of rotatable bonds is 1. The normalized spacial score (nSPS) is 11.1. The molecule has 0 aliphatic carbocycles. The van der Waals surface area contributed by atoms with Crippen LogP contribution in [-0.4, -0.2) is 4.57 Å². The summed E-state index contributed by atoms with van der Waals surface area (Å²) in [6, 6.07) is 15.3. The first-order valence-corrected chi connectivity index (χ1v) is 5.99. The molecular formula is C16H14FN. The number of nitrogens with zero attached hydrogens (tertiary/aromatic N) is 1. The fourth-order valence-corrected chi connectivity index (χ4v) is 2.66. The number of hydrogen-bond donors (Lipinski definition) is 0. The molecule has 1 heterocycles. The van der Waals surface area contributed by atoms with Gasteiger partial charge in [0.15, 0.2) is 0 Å². The highest BCUT2D eigenvalue weighted by molar-refractivity contribution is 5.91. The fourth-order valence-electron chi connectivity index (χ4n) is 2.66. The largest absolute Gasteiger partial charge is 0.343 e. The summed E-state index contributed by atoms with van der Waals surface area (Å²) in [6.07, 6.45) is 0. The molecule has 0 saturated heterocycles. The van der Waals surface area contributed by atoms with E-state index in [-0.39, 0.29) is 5.82 Å². The van der Waals surface area contributed by atoms with Crippen LogP contribution in [-0.2, 0) is 7.05 Å². The van der Waals surface area contributed by atoms with E-state index in [4.69, 9.17) is 0 Å². The second-order valence-corrected chi connectivity index (χ2v) is 4.53. The van der Waals surface area contributed by atoms with Crippen molar-refractivity contribution in [2.45, 2.75) is 6.92 Å². The number of halogens is 1. The van der Waals surface area contributed by atoms with E-state index >= 15 is 0 Å². The van der Waals surface area contributed by atoms with Crippen molar-refractivity contribution >= 4 is 10.9 Å². The van der Waals surface area contributed by atoms with E-state index < -0.39 is 0 Å². The number of aromatic nitrogens is 1. The molecule has 0 fully saturated rings. The van der Waals surface area contributed by atoms with Gasteiger partial charge in [0.1, 0.15) is 5.82 Å². The third kappa shape index (κ3) is 1.46. The van der Waals surface area contributed by atoms with E-state index in [0.29, 0.717) is 0 Å². The predicted octanol–water partition coefficient (Wildman–Crippen LogP) is 4.29. The first-order valence-electron chi connectivity index (χ1n) is 5.99. The molecule has 0 saturated carbocycles. The molecule has 0 atom stereocenters. The summed E-state index contributed by atoms with van der Waals surface area (Å²) in [5, 5.41) is 0.721. The van der Waals surface area contributed by atoms with Crippen molar-refractivity contribution in [3.05, 3.63) is 59.9 Å². The van der Waals surface area contributed by atoms with Crippen LogP contribution in [0.3, 0.4) is 0 Å². The summed E-state index contributed by atoms with van der Waals surface area (Å²) in [5.41, 5.74) is 4.13. The highest BCUT2D eigenvalue weighted by atomic mass is 19.1. The van der Waals surface area contributed by atoms with Crippen molar-refractivity contribution in [2.24, 2.45) is 7.05 Å². The Balaban J connectivity index is 2.42. The van der Waals surface area contributed by atoms with Crippen LogP contribution in [0.5, 0.6) is 0 Å². The molecule has 1 aromatic heterocycles. The van der Waals surface area contributed by atoms with Crippen LogP contribution >= 0.6 is 0 Å². The Morgan fingerprint density at radius 1 is 0.944 bits per heavy atom. The number of benzene rings is 2. The lowest BCUT2D eigenvalue weighted by Gasteiger charge is -2.05. The van der Waals surface area contributed by atoms with Gasteiger partial charge in [0.2, 0.25) is 0 Å². The molecule has 0 bridgehead atoms. The first-order chi connectivity index (χ1) is 8.70. The van der Waals surface area contributed by atoms with E-state index in [9.17, 15) is 4.39 Å². The maximum absolute atomic E-state index is 13.9. The SMILES string of the molecule is Cc1c(-c2ccccc2)n(C)c2cccc(F)c12. The Morgan fingerprint density at radius 2 is 1.67 bits per heavy atom. The molecule has 3 aromatic rings. The van der Waals surface area contributed by atoms with Gasteiger partial charge in [0.25, 0.3) is 0 Å². The molecule has 0 N–H and O–H groups in total. The minimum absolute atomic E-state index is 0.150. The van der Waals surface area contributed by atoms with Gasteiger partial charge in [-0.3, -0.25) is 0 Å². The van der Waals surface area contributed by atoms with Gasteiger partial charge in [-0.25, -0.2) is 4.39 Å². The van der Waals surface area contributed by atoms with Crippen molar-refractivity contribution in [1.29, 1.82) is 0 Å². The zero-order valence-electron chi connectivity index (χ0n) is 10.4. The summed E-state index contributed by atoms with van der Waals surface area (Å²) >= 11 is 0. The Bertz CT molecular complexity index is 711. The maximum Gasteiger partial charge on any atom is 0.132 e. The van der Waals surface area contributed by atoms with Gasteiger partial charge in [-0.1, -0.05) is 36.4 Å². The van der Waals surface area contributed by atoms with Gasteiger partial charge in [-0.05, 0) is 30.2 Å². The molecule has 1 nitrogen and oxygen atoms in total. The molecular weight excluding hydrogens is 225 g/mol. The predicted molar refractivity (Wildman–Crippen MR) is 73.1 cm³/mol. The standard InChI is InChI=1S/C16H14FN/c1-11-15-13(17)9-6-10-14(15)18(2)16(11)12-7-4-3-5-8-12/h3-10H,1-2H3. The van der Waals surface area contributed by atoms with Crippen molar-refractivity contribution in [3.8, 4) is 11.3 Å². The highest BCUT2D eigenvalue weighted by Gasteiger charge is 2.15. The molecule has 90 valence electrons. The Hall–Kier alpha value is -2.09. The van der Waals surface area contributed by atoms with E-state index in [2.05, 4.69) is 16.7 Å². The lowest BCUT2D eigenvalue weighted by molar-refractivity contribution is 0.639. The lowest BCUT2D eigenvalue weighted by atomic mass is 10.1. The van der Waals surface area contributed by atoms with Gasteiger partial charge in [-0.15, -0.1) is 0 Å². The molecule has 2 aromatic carbocycles. The zero-order chi connectivity index (χ0) is 12.7. The summed E-state index contributed by atoms with van der Waals surface area (Å²) in [6.45, 7) is 1.98. The summed E-state index contributed by atoms with van der Waals surface area (Å²) in [5.74, 6) is -0.150. The molecule has 0 unspecified atom stereocenters. The minimum atomic E-state index is -0.150. The van der Waals surface area contributed by atoms with Crippen molar-refractivity contribution in [3.63, 3.8) is 0 Å². The molecule has 18 heavy (non-hydrogen) atoms. The molecule has 0 aliphatic rings. The van der Waals surface area contributed by atoms with E-state index in [1.807, 2.05) is 38.2 Å². The summed E-state index contributed by atoms with van der Waals surface area (Å²) in [7, 11) is 1.98. The zero-order valence-corrected chi connectivity index (χ0v) is 10.4. The third-order valence-corrected chi connectivity index (χ3v) is 3.47. The van der Waals surface area contributed by atoms with Gasteiger partial charge in [-0.2, -0.15) is 0 Å². The van der Waals surface area contributed by atoms with Gasteiger partial charge in [0, 0.05) is 12.4 Å². The van der Waals surface area contributed by atoms with Crippen LogP contribution in [0.15, 0.2) is 48.5 Å². The average molecular weight is 239 g/mol. The average Bonchev–Trinajstić information content (AvgIpc) is 2.64. The molecule has 0 aliphatic heterocycles. The van der Waals surface area contributed by atoms with Crippen LogP contribution in [0.4, 0.5) is 4.39 Å². The smallest absolute Gasteiger partial charge is 0.132 e. The van der Waals surface area contributed by atoms with Crippen LogP contribution in [0.2, 0.25) is 0 Å². The van der Waals surface area contributed by atoms with Crippen molar-refractivity contribution < 1.29 is 4.39 Å². The van der Waals surface area contributed by atoms with E-state index in [1.165, 1.54) is 6.07 Å². The first kappa shape index (κ1) is 11.0. The second kappa shape index (κ2) is 3.98. The van der Waals surface area contributed by atoms with Crippen molar-refractivity contribution in [2.75, 3.05) is 0 Å². The van der Waals surface area contributed by atoms with E-state index in [1.54, 1.807) is 6.07 Å². The topological polar surface area (TPSA) is 4.93 Å². The fraction of sp³-hybridized carbons (Fsp3) is 0.125. The Kier molecular flexibility index (Phi) is 2.44. The molecule has 2 heteroatoms. The summed E-state index contributed by atoms with van der Waals surface area (Å²) in [4.78, 5) is 0. The van der Waals surface area contributed by atoms with Crippen LogP contribution in [0, 0.1) is 12.7 Å². The molecule has 0 spiro atoms. The van der Waals surface area contributed by atoms with Crippen LogP contribution in [0.25, 0.3) is 22.2 Å². The maximum atomic E-state index is 13.9. The van der Waals surface area contributed by atoms with E-state index in [0.717, 1.165) is 27.7 Å². The van der Waals surface area contributed by atoms with Gasteiger partial charge < -0.3 is 4.57 Å². The molecule has 3 rings (SSSR count). The number of hydrogen-bond acceptors (Lipinski definition) is 0. The van der Waals surface area contributed by atoms with Crippen molar-refractivity contribution in [1.82, 2.24) is 4.57 Å². The third-order valence-electron chi connectivity index (χ3n) is 3.47. The Morgan fingerprint density at radius 3 is 2.33 bits per heavy atom. The Labute approximate surface area is 105 Å². The van der Waals surface area contributed by atoms with Gasteiger partial charge >= 0.3 is 0 Å². The minimum Gasteiger partial charge on any atom is -0.343 e. The highest BCUT2D eigenvalue weighted by Crippen LogP contribution is 2.33. The van der Waals surface area contributed by atoms with Crippen LogP contribution in [0.1, 0.15) is 5.56 Å². The number of fused-ring (bicyclic) bond motifs is 1. The molecule has 0 radical (unpaired) electrons. The quantitative estimate of drug-likeness (QED) is 0.597. The monoisotopic (exact) mass is 239 g/mol. The van der Waals surface area contributed by atoms with Gasteiger partial charge in [0.05, 0.1) is 11.2 Å². The molecule has 0 amide bonds. The lowest BCUT2D eigenvalue weighted by Crippen LogP contribution is -1.91.